The van der Waals surface area contributed by atoms with Crippen LogP contribution in [0.2, 0.25) is 0 Å². The molecule has 0 aliphatic rings. The molecule has 50 heavy (non-hydrogen) atoms. The highest BCUT2D eigenvalue weighted by Crippen LogP contribution is 2.54. The number of hydrogen-bond acceptors (Lipinski definition) is 11. The lowest BCUT2D eigenvalue weighted by molar-refractivity contribution is 0.0724. The van der Waals surface area contributed by atoms with Gasteiger partial charge in [0.15, 0.2) is 5.75 Å². The minimum Gasteiger partial charge on any atom is -0.507 e. The molecule has 0 atom stereocenters. The van der Waals surface area contributed by atoms with Crippen LogP contribution in [0.15, 0.2) is 16.4 Å². The van der Waals surface area contributed by atoms with Crippen molar-refractivity contribution in [1.82, 2.24) is 0 Å². The Morgan fingerprint density at radius 3 is 1.16 bits per heavy atom. The minimum absolute atomic E-state index is 0.0170. The van der Waals surface area contributed by atoms with Gasteiger partial charge in [-0.05, 0) is 149 Å². The summed E-state index contributed by atoms with van der Waals surface area (Å²) >= 11 is 0. The van der Waals surface area contributed by atoms with Crippen LogP contribution >= 0.6 is 21.6 Å². The van der Waals surface area contributed by atoms with Crippen molar-refractivity contribution >= 4 is 33.3 Å². The molecule has 0 bridgehead atoms. The molecule has 0 radical (unpaired) electrons. The Morgan fingerprint density at radius 2 is 0.740 bits per heavy atom. The third-order valence-corrected chi connectivity index (χ3v) is 12.6. The van der Waals surface area contributed by atoms with Crippen molar-refractivity contribution in [2.45, 2.75) is 92.9 Å². The van der Waals surface area contributed by atoms with Crippen molar-refractivity contribution in [3.63, 3.8) is 0 Å². The number of hydrogen-bond donors (Lipinski definition) is 6. The number of carbonyl (C=O) groups is 1. The van der Waals surface area contributed by atoms with Crippen molar-refractivity contribution in [1.29, 1.82) is 0 Å². The normalized spacial score (nSPS) is 11.2. The monoisotopic (exact) mass is 720 g/mol. The van der Waals surface area contributed by atoms with E-state index in [2.05, 4.69) is 6.58 Å². The molecule has 0 aliphatic carbocycles. The van der Waals surface area contributed by atoms with E-state index in [9.17, 15) is 35.4 Å². The summed E-state index contributed by atoms with van der Waals surface area (Å²) in [5.74, 6) is -1.03. The van der Waals surface area contributed by atoms with Gasteiger partial charge < -0.3 is 40.1 Å². The predicted molar refractivity (Wildman–Crippen MR) is 199 cm³/mol. The second-order valence-corrected chi connectivity index (χ2v) is 14.9. The molecule has 0 amide bonds. The second kappa shape index (κ2) is 14.0. The Kier molecular flexibility index (Phi) is 10.7. The lowest BCUT2D eigenvalue weighted by Crippen LogP contribution is -2.14. The molecule has 266 valence electrons. The van der Waals surface area contributed by atoms with Gasteiger partial charge in [0.2, 0.25) is 0 Å². The summed E-state index contributed by atoms with van der Waals surface area (Å²) in [6, 6.07) is 0. The van der Waals surface area contributed by atoms with Crippen molar-refractivity contribution in [2.75, 3.05) is 0 Å². The van der Waals surface area contributed by atoms with Gasteiger partial charge in [-0.15, -0.1) is 0 Å². The number of phenolic OH excluding ortho intramolecular Hbond substituents is 6. The maximum atomic E-state index is 13.7. The average molecular weight is 721 g/mol. The van der Waals surface area contributed by atoms with Gasteiger partial charge in [0, 0.05) is 22.3 Å². The number of carbonyl (C=O) groups excluding carboxylic acids is 1. The van der Waals surface area contributed by atoms with Crippen LogP contribution in [-0.2, 0) is 0 Å². The summed E-state index contributed by atoms with van der Waals surface area (Å²) in [7, 11) is 2.55. The summed E-state index contributed by atoms with van der Waals surface area (Å²) in [5.41, 5.74) is 5.95. The number of aromatic hydroxyl groups is 6. The first-order valence-electron chi connectivity index (χ1n) is 15.8. The number of benzene rings is 4. The van der Waals surface area contributed by atoms with Crippen LogP contribution in [0, 0.1) is 83.1 Å². The van der Waals surface area contributed by atoms with Crippen LogP contribution < -0.4 is 9.47 Å². The zero-order chi connectivity index (χ0) is 37.8. The molecular formula is C39H44O9S2. The lowest BCUT2D eigenvalue weighted by Gasteiger charge is -2.23. The van der Waals surface area contributed by atoms with E-state index < -0.39 is 11.7 Å². The highest BCUT2D eigenvalue weighted by Gasteiger charge is 2.29. The number of phenols is 6. The van der Waals surface area contributed by atoms with Gasteiger partial charge in [-0.2, -0.15) is 0 Å². The van der Waals surface area contributed by atoms with Crippen LogP contribution in [-0.4, -0.2) is 36.6 Å². The van der Waals surface area contributed by atoms with E-state index in [4.69, 9.17) is 9.47 Å². The molecule has 4 rings (SSSR count). The third-order valence-electron chi connectivity index (χ3n) is 9.91. The summed E-state index contributed by atoms with van der Waals surface area (Å²) < 4.78 is 12.4. The summed E-state index contributed by atoms with van der Waals surface area (Å²) in [5, 5.41) is 64.8. The van der Waals surface area contributed by atoms with E-state index in [1.807, 2.05) is 6.92 Å². The van der Waals surface area contributed by atoms with Crippen molar-refractivity contribution < 1.29 is 44.9 Å². The lowest BCUT2D eigenvalue weighted by atomic mass is 9.96. The minimum atomic E-state index is -0.855. The number of ether oxygens (including phenoxy) is 2. The average Bonchev–Trinajstić information content (AvgIpc) is 3.08. The molecule has 11 heteroatoms. The SMILES string of the molecule is C=C(Oc1c(C)c(O)c(C)c(C)c1SSc1c(C)c(C)c(O)c(C)c1OC(=O)c1c(C)c(C)c(O)c(C)c1O)c1c(C)c(C)c(O)c(C)c1O. The van der Waals surface area contributed by atoms with E-state index in [0.717, 1.165) is 0 Å². The molecule has 6 N–H and O–H groups in total. The smallest absolute Gasteiger partial charge is 0.347 e. The standard InChI is InChI=1S/C39H44O9S2/c1-14-16(3)29(40)22(9)33(44)27(14)26(13)47-35-24(11)31(42)18(5)20(7)37(35)49-50-38-21(8)19(6)32(43)25(12)36(38)48-39(46)28-15(2)17(4)30(41)23(10)34(28)45/h40-45H,13H2,1-12H3. The van der Waals surface area contributed by atoms with Crippen LogP contribution in [0.4, 0.5) is 0 Å². The fourth-order valence-corrected chi connectivity index (χ4v) is 8.81. The molecule has 0 heterocycles. The van der Waals surface area contributed by atoms with Crippen LogP contribution in [0.25, 0.3) is 5.76 Å². The first-order chi connectivity index (χ1) is 23.2. The maximum Gasteiger partial charge on any atom is 0.347 e. The maximum absolute atomic E-state index is 13.7. The molecule has 0 spiro atoms. The quantitative estimate of drug-likeness (QED) is 0.0446. The molecule has 4 aromatic rings. The summed E-state index contributed by atoms with van der Waals surface area (Å²) in [6.07, 6.45) is 0. The molecule has 9 nitrogen and oxygen atoms in total. The van der Waals surface area contributed by atoms with E-state index in [1.165, 1.54) is 28.5 Å². The van der Waals surface area contributed by atoms with Crippen LogP contribution in [0.5, 0.6) is 46.0 Å². The molecule has 0 aliphatic heterocycles. The molecule has 4 aromatic carbocycles. The van der Waals surface area contributed by atoms with Crippen molar-refractivity contribution in [2.24, 2.45) is 0 Å². The number of esters is 1. The Bertz CT molecular complexity index is 1920. The van der Waals surface area contributed by atoms with Crippen LogP contribution in [0.3, 0.4) is 0 Å². The first kappa shape index (κ1) is 38.2. The van der Waals surface area contributed by atoms with E-state index in [1.54, 1.807) is 69.2 Å². The zero-order valence-electron chi connectivity index (χ0n) is 30.4. The van der Waals surface area contributed by atoms with Gasteiger partial charge in [-0.25, -0.2) is 4.79 Å². The van der Waals surface area contributed by atoms with Crippen molar-refractivity contribution in [3.05, 3.63) is 84.5 Å². The van der Waals surface area contributed by atoms with Gasteiger partial charge in [0.05, 0.1) is 15.4 Å². The highest BCUT2D eigenvalue weighted by molar-refractivity contribution is 8.76. The van der Waals surface area contributed by atoms with E-state index in [-0.39, 0.29) is 56.9 Å². The van der Waals surface area contributed by atoms with Gasteiger partial charge in [-0.1, -0.05) is 6.58 Å². The van der Waals surface area contributed by atoms with Crippen molar-refractivity contribution in [3.8, 4) is 46.0 Å². The van der Waals surface area contributed by atoms with E-state index in [0.29, 0.717) is 76.7 Å². The first-order valence-corrected chi connectivity index (χ1v) is 17.9. The second-order valence-electron chi connectivity index (χ2n) is 12.7. The molecule has 0 saturated carbocycles. The Balaban J connectivity index is 1.84. The Labute approximate surface area is 300 Å². The van der Waals surface area contributed by atoms with Gasteiger partial charge >= 0.3 is 5.97 Å². The third kappa shape index (κ3) is 6.17. The van der Waals surface area contributed by atoms with E-state index >= 15 is 0 Å². The summed E-state index contributed by atoms with van der Waals surface area (Å²) in [6.45, 7) is 24.5. The van der Waals surface area contributed by atoms with Gasteiger partial charge in [-0.3, -0.25) is 0 Å². The Hall–Kier alpha value is -4.61. The largest absolute Gasteiger partial charge is 0.507 e. The summed E-state index contributed by atoms with van der Waals surface area (Å²) in [4.78, 5) is 14.9. The fourth-order valence-electron chi connectivity index (χ4n) is 5.84. The number of rotatable bonds is 8. The zero-order valence-corrected chi connectivity index (χ0v) is 32.1. The van der Waals surface area contributed by atoms with Gasteiger partial charge in [0.1, 0.15) is 51.6 Å². The molecular weight excluding hydrogens is 677 g/mol. The molecule has 0 fully saturated rings. The topological polar surface area (TPSA) is 157 Å². The van der Waals surface area contributed by atoms with Gasteiger partial charge in [0.25, 0.3) is 0 Å². The Morgan fingerprint density at radius 1 is 0.420 bits per heavy atom. The predicted octanol–water partition coefficient (Wildman–Crippen LogP) is 9.69. The van der Waals surface area contributed by atoms with Crippen LogP contribution in [0.1, 0.15) is 82.7 Å². The molecule has 0 unspecified atom stereocenters. The highest BCUT2D eigenvalue weighted by atomic mass is 33.1. The molecule has 0 saturated heterocycles. The fraction of sp³-hybridized carbons (Fsp3) is 0.308. The molecule has 0 aromatic heterocycles.